The van der Waals surface area contributed by atoms with Crippen LogP contribution in [0.25, 0.3) is 0 Å². The van der Waals surface area contributed by atoms with Crippen molar-refractivity contribution in [2.45, 2.75) is 55.8 Å². The lowest BCUT2D eigenvalue weighted by Gasteiger charge is -2.66. The molecule has 0 heterocycles. The fourth-order valence-electron chi connectivity index (χ4n) is 4.95. The van der Waals surface area contributed by atoms with E-state index in [1.54, 1.807) is 0 Å². The average Bonchev–Trinajstić information content (AvgIpc) is 2.22. The Morgan fingerprint density at radius 1 is 1.33 bits per heavy atom. The molecule has 18 heavy (non-hydrogen) atoms. The molecule has 0 aromatic rings. The Hall–Kier alpha value is -0.870. The molecule has 1 amide bonds. The number of carbonyl (C=O) groups is 1. The van der Waals surface area contributed by atoms with E-state index in [-0.39, 0.29) is 11.8 Å². The molecule has 5 unspecified atom stereocenters. The fraction of sp³-hybridized carbons (Fsp3) is 0.786. The number of rotatable bonds is 2. The Labute approximate surface area is 107 Å². The number of carbonyl (C=O) groups excluding carboxylic acids is 1. The Morgan fingerprint density at radius 2 is 2.06 bits per heavy atom. The SMILES string of the molecule is C=CC(=O)NC12CC3CC(O)(CC(O)(C3)C1C)C2. The summed E-state index contributed by atoms with van der Waals surface area (Å²) >= 11 is 0. The van der Waals surface area contributed by atoms with Crippen LogP contribution in [-0.2, 0) is 4.79 Å². The molecule has 4 heteroatoms. The van der Waals surface area contributed by atoms with Gasteiger partial charge in [0.25, 0.3) is 0 Å². The van der Waals surface area contributed by atoms with Crippen LogP contribution in [0.4, 0.5) is 0 Å². The smallest absolute Gasteiger partial charge is 0.243 e. The van der Waals surface area contributed by atoms with Gasteiger partial charge in [-0.05, 0) is 37.7 Å². The molecule has 4 aliphatic carbocycles. The quantitative estimate of drug-likeness (QED) is 0.634. The Kier molecular flexibility index (Phi) is 2.28. The van der Waals surface area contributed by atoms with Crippen molar-refractivity contribution in [2.24, 2.45) is 11.8 Å². The molecule has 0 aromatic heterocycles. The lowest BCUT2D eigenvalue weighted by molar-refractivity contribution is -0.240. The minimum Gasteiger partial charge on any atom is -0.390 e. The topological polar surface area (TPSA) is 69.6 Å². The second-order valence-corrected chi connectivity index (χ2v) is 6.73. The van der Waals surface area contributed by atoms with Crippen molar-refractivity contribution >= 4 is 5.91 Å². The van der Waals surface area contributed by atoms with Crippen LogP contribution in [0.15, 0.2) is 12.7 Å². The Morgan fingerprint density at radius 3 is 2.67 bits per heavy atom. The number of hydrogen-bond donors (Lipinski definition) is 3. The van der Waals surface area contributed by atoms with Crippen LogP contribution in [-0.4, -0.2) is 32.9 Å². The molecule has 4 bridgehead atoms. The second kappa shape index (κ2) is 3.36. The van der Waals surface area contributed by atoms with Crippen molar-refractivity contribution in [3.05, 3.63) is 12.7 Å². The summed E-state index contributed by atoms with van der Waals surface area (Å²) in [6, 6.07) is 0. The van der Waals surface area contributed by atoms with Crippen LogP contribution >= 0.6 is 0 Å². The lowest BCUT2D eigenvalue weighted by atomic mass is 9.45. The molecule has 0 spiro atoms. The van der Waals surface area contributed by atoms with Gasteiger partial charge >= 0.3 is 0 Å². The van der Waals surface area contributed by atoms with E-state index in [9.17, 15) is 15.0 Å². The van der Waals surface area contributed by atoms with Crippen LogP contribution in [0.2, 0.25) is 0 Å². The monoisotopic (exact) mass is 251 g/mol. The fourth-order valence-corrected chi connectivity index (χ4v) is 4.95. The molecule has 4 rings (SSSR count). The molecular weight excluding hydrogens is 230 g/mol. The summed E-state index contributed by atoms with van der Waals surface area (Å²) in [6.07, 6.45) is 4.64. The number of aliphatic hydroxyl groups is 2. The molecule has 5 atom stereocenters. The van der Waals surface area contributed by atoms with E-state index in [4.69, 9.17) is 0 Å². The minimum absolute atomic E-state index is 0.0225. The average molecular weight is 251 g/mol. The molecule has 4 fully saturated rings. The van der Waals surface area contributed by atoms with Crippen molar-refractivity contribution in [3.8, 4) is 0 Å². The molecule has 100 valence electrons. The summed E-state index contributed by atoms with van der Waals surface area (Å²) in [4.78, 5) is 11.7. The molecule has 4 aliphatic rings. The maximum Gasteiger partial charge on any atom is 0.243 e. The standard InChI is InChI=1S/C14H21NO3/c1-3-11(16)15-13-5-10-4-12(17,7-13)8-14(18,6-10)9(13)2/h3,9-10,17-18H,1,4-8H2,2H3,(H,15,16). The molecule has 4 saturated carbocycles. The number of nitrogens with one attached hydrogen (secondary N) is 1. The zero-order valence-corrected chi connectivity index (χ0v) is 10.8. The first-order valence-electron chi connectivity index (χ1n) is 6.70. The normalized spacial score (nSPS) is 53.3. The van der Waals surface area contributed by atoms with Gasteiger partial charge in [-0.1, -0.05) is 13.5 Å². The van der Waals surface area contributed by atoms with Crippen molar-refractivity contribution in [2.75, 3.05) is 0 Å². The van der Waals surface area contributed by atoms with Gasteiger partial charge in [-0.3, -0.25) is 4.79 Å². The second-order valence-electron chi connectivity index (χ2n) is 6.73. The predicted molar refractivity (Wildman–Crippen MR) is 66.7 cm³/mol. The van der Waals surface area contributed by atoms with Crippen molar-refractivity contribution in [3.63, 3.8) is 0 Å². The zero-order chi connectivity index (χ0) is 13.2. The molecular formula is C14H21NO3. The summed E-state index contributed by atoms with van der Waals surface area (Å²) in [5.41, 5.74) is -2.10. The highest BCUT2D eigenvalue weighted by Crippen LogP contribution is 2.61. The third kappa shape index (κ3) is 1.48. The first kappa shape index (κ1) is 12.2. The van der Waals surface area contributed by atoms with Gasteiger partial charge in [-0.2, -0.15) is 0 Å². The van der Waals surface area contributed by atoms with Crippen LogP contribution < -0.4 is 5.32 Å². The van der Waals surface area contributed by atoms with Gasteiger partial charge in [-0.15, -0.1) is 0 Å². The highest BCUT2D eigenvalue weighted by atomic mass is 16.3. The molecule has 0 saturated heterocycles. The van der Waals surface area contributed by atoms with Crippen LogP contribution in [0.5, 0.6) is 0 Å². The summed E-state index contributed by atoms with van der Waals surface area (Å²) in [6.45, 7) is 5.47. The first-order valence-corrected chi connectivity index (χ1v) is 6.70. The van der Waals surface area contributed by atoms with E-state index in [0.29, 0.717) is 18.8 Å². The largest absolute Gasteiger partial charge is 0.390 e. The van der Waals surface area contributed by atoms with Crippen LogP contribution in [0.1, 0.15) is 39.0 Å². The molecule has 3 N–H and O–H groups in total. The van der Waals surface area contributed by atoms with Gasteiger partial charge in [0.15, 0.2) is 0 Å². The highest BCUT2D eigenvalue weighted by molar-refractivity contribution is 5.87. The summed E-state index contributed by atoms with van der Waals surface area (Å²) in [7, 11) is 0. The van der Waals surface area contributed by atoms with E-state index < -0.39 is 16.7 Å². The summed E-state index contributed by atoms with van der Waals surface area (Å²) < 4.78 is 0. The van der Waals surface area contributed by atoms with Crippen LogP contribution in [0, 0.1) is 11.8 Å². The summed E-state index contributed by atoms with van der Waals surface area (Å²) in [5, 5.41) is 24.3. The van der Waals surface area contributed by atoms with Gasteiger partial charge < -0.3 is 15.5 Å². The number of amides is 1. The Balaban J connectivity index is 1.99. The minimum atomic E-state index is -0.831. The zero-order valence-electron chi connectivity index (χ0n) is 10.8. The van der Waals surface area contributed by atoms with Gasteiger partial charge in [0.2, 0.25) is 5.91 Å². The lowest BCUT2D eigenvalue weighted by Crippen LogP contribution is -2.75. The predicted octanol–water partition coefficient (Wildman–Crippen LogP) is 0.733. The van der Waals surface area contributed by atoms with E-state index in [2.05, 4.69) is 11.9 Å². The summed E-state index contributed by atoms with van der Waals surface area (Å²) in [5.74, 6) is 0.0746. The van der Waals surface area contributed by atoms with Gasteiger partial charge in [0.05, 0.1) is 11.2 Å². The van der Waals surface area contributed by atoms with E-state index >= 15 is 0 Å². The van der Waals surface area contributed by atoms with Crippen LogP contribution in [0.3, 0.4) is 0 Å². The third-order valence-corrected chi connectivity index (χ3v) is 5.44. The molecule has 0 aromatic carbocycles. The van der Waals surface area contributed by atoms with Crippen molar-refractivity contribution in [1.29, 1.82) is 0 Å². The van der Waals surface area contributed by atoms with Gasteiger partial charge in [-0.25, -0.2) is 0 Å². The van der Waals surface area contributed by atoms with E-state index in [1.165, 1.54) is 6.08 Å². The maximum absolute atomic E-state index is 11.7. The van der Waals surface area contributed by atoms with E-state index in [0.717, 1.165) is 19.3 Å². The van der Waals surface area contributed by atoms with Gasteiger partial charge in [0, 0.05) is 17.9 Å². The number of hydrogen-bond acceptors (Lipinski definition) is 3. The highest BCUT2D eigenvalue weighted by Gasteiger charge is 2.66. The van der Waals surface area contributed by atoms with Crippen molar-refractivity contribution < 1.29 is 15.0 Å². The van der Waals surface area contributed by atoms with E-state index in [1.807, 2.05) is 6.92 Å². The van der Waals surface area contributed by atoms with Gasteiger partial charge in [0.1, 0.15) is 0 Å². The maximum atomic E-state index is 11.7. The Bertz CT molecular complexity index is 423. The molecule has 0 aliphatic heterocycles. The molecule has 0 radical (unpaired) electrons. The third-order valence-electron chi connectivity index (χ3n) is 5.44. The first-order chi connectivity index (χ1) is 8.31. The van der Waals surface area contributed by atoms with Crippen molar-refractivity contribution in [1.82, 2.24) is 5.32 Å². The molecule has 4 nitrogen and oxygen atoms in total.